The van der Waals surface area contributed by atoms with Crippen molar-refractivity contribution in [1.29, 1.82) is 0 Å². The summed E-state index contributed by atoms with van der Waals surface area (Å²) in [6.07, 6.45) is -1.39. The molecule has 0 radical (unpaired) electrons. The van der Waals surface area contributed by atoms with Gasteiger partial charge in [0.05, 0.1) is 16.9 Å². The molecule has 4 N–H and O–H groups in total. The third-order valence-corrected chi connectivity index (χ3v) is 10.5. The standard InChI is InChI=1S/C30H39BrF3N7O3S/c1-38(2)20-4-8-39(9-5-20)27(42)24(15-18-13-22(30(32,33)34)26(35)23(31)14-18)36-28(43)40-10-6-21(7-11-40)41-12-3-19-16-45-17-25(19)37-29(41)44/h13-14,16-17,20-21,24H,3-12,15,35H2,1-2H3,(H,36,43)(H,37,44)/t24-/m1/s1. The smallest absolute Gasteiger partial charge is 0.397 e. The van der Waals surface area contributed by atoms with Gasteiger partial charge in [0.1, 0.15) is 6.04 Å². The Labute approximate surface area is 273 Å². The van der Waals surface area contributed by atoms with E-state index in [1.165, 1.54) is 6.07 Å². The summed E-state index contributed by atoms with van der Waals surface area (Å²) in [5.41, 5.74) is 6.48. The van der Waals surface area contributed by atoms with E-state index in [1.54, 1.807) is 21.1 Å². The summed E-state index contributed by atoms with van der Waals surface area (Å²) in [4.78, 5) is 47.5. The van der Waals surface area contributed by atoms with Crippen molar-refractivity contribution in [3.8, 4) is 0 Å². The lowest BCUT2D eigenvalue weighted by molar-refractivity contribution is -0.137. The summed E-state index contributed by atoms with van der Waals surface area (Å²) >= 11 is 4.68. The number of rotatable bonds is 6. The molecule has 0 spiro atoms. The molecule has 45 heavy (non-hydrogen) atoms. The fraction of sp³-hybridized carbons (Fsp3) is 0.567. The zero-order valence-electron chi connectivity index (χ0n) is 25.3. The Hall–Kier alpha value is -3.04. The zero-order chi connectivity index (χ0) is 32.5. The largest absolute Gasteiger partial charge is 0.418 e. The molecule has 246 valence electrons. The Balaban J connectivity index is 1.27. The molecule has 1 aromatic heterocycles. The van der Waals surface area contributed by atoms with Crippen molar-refractivity contribution < 1.29 is 27.6 Å². The molecular weight excluding hydrogens is 675 g/mol. The summed E-state index contributed by atoms with van der Waals surface area (Å²) in [5, 5.41) is 9.80. The van der Waals surface area contributed by atoms with E-state index in [-0.39, 0.29) is 34.4 Å². The molecule has 0 aliphatic carbocycles. The minimum Gasteiger partial charge on any atom is -0.397 e. The van der Waals surface area contributed by atoms with Gasteiger partial charge in [-0.3, -0.25) is 4.79 Å². The Kier molecular flexibility index (Phi) is 10.2. The molecule has 3 aliphatic rings. The number of nitrogen functional groups attached to an aromatic ring is 1. The average Bonchev–Trinajstić information content (AvgIpc) is 3.37. The second-order valence-corrected chi connectivity index (χ2v) is 13.8. The number of hydrogen-bond acceptors (Lipinski definition) is 6. The minimum absolute atomic E-state index is 0.0370. The first-order valence-corrected chi connectivity index (χ1v) is 16.8. The number of anilines is 2. The lowest BCUT2D eigenvalue weighted by atomic mass is 9.99. The molecule has 2 aromatic rings. The van der Waals surface area contributed by atoms with Crippen LogP contribution in [0.5, 0.6) is 0 Å². The van der Waals surface area contributed by atoms with E-state index in [0.29, 0.717) is 51.6 Å². The maximum Gasteiger partial charge on any atom is 0.418 e. The van der Waals surface area contributed by atoms with Crippen LogP contribution in [-0.4, -0.2) is 103 Å². The van der Waals surface area contributed by atoms with Gasteiger partial charge in [0.2, 0.25) is 5.91 Å². The Bertz CT molecular complexity index is 1410. The first-order chi connectivity index (χ1) is 21.3. The molecule has 0 saturated carbocycles. The number of fused-ring (bicyclic) bond motifs is 1. The number of nitrogens with zero attached hydrogens (tertiary/aromatic N) is 4. The number of benzene rings is 1. The number of halogens is 4. The van der Waals surface area contributed by atoms with E-state index in [4.69, 9.17) is 5.73 Å². The van der Waals surface area contributed by atoms with Crippen molar-refractivity contribution in [3.05, 3.63) is 44.1 Å². The van der Waals surface area contributed by atoms with Crippen molar-refractivity contribution in [3.63, 3.8) is 0 Å². The zero-order valence-corrected chi connectivity index (χ0v) is 27.7. The number of thiophene rings is 1. The number of amides is 5. The molecular formula is C30H39BrF3N7O3S. The molecule has 2 fully saturated rings. The lowest BCUT2D eigenvalue weighted by Gasteiger charge is -2.39. The van der Waals surface area contributed by atoms with E-state index in [9.17, 15) is 27.6 Å². The summed E-state index contributed by atoms with van der Waals surface area (Å²) in [5.74, 6) is -0.328. The van der Waals surface area contributed by atoms with Crippen LogP contribution in [0.2, 0.25) is 0 Å². The number of carbonyl (C=O) groups is 3. The number of piperidine rings is 2. The van der Waals surface area contributed by atoms with Gasteiger partial charge in [-0.2, -0.15) is 13.2 Å². The highest BCUT2D eigenvalue weighted by atomic mass is 79.9. The predicted molar refractivity (Wildman–Crippen MR) is 171 cm³/mol. The van der Waals surface area contributed by atoms with Gasteiger partial charge in [-0.1, -0.05) is 0 Å². The Morgan fingerprint density at radius 1 is 1.09 bits per heavy atom. The van der Waals surface area contributed by atoms with Crippen LogP contribution in [0.3, 0.4) is 0 Å². The molecule has 3 aliphatic heterocycles. The summed E-state index contributed by atoms with van der Waals surface area (Å²) in [6.45, 7) is 2.32. The molecule has 4 heterocycles. The number of likely N-dealkylation sites (tertiary alicyclic amines) is 2. The van der Waals surface area contributed by atoms with Gasteiger partial charge in [0, 0.05) is 61.1 Å². The van der Waals surface area contributed by atoms with E-state index in [1.807, 2.05) is 29.8 Å². The SMILES string of the molecule is CN(C)C1CCN(C(=O)[C@@H](Cc2cc(Br)c(N)c(C(F)(F)F)c2)NC(=O)N2CCC(N3CCc4cscc4NC3=O)CC2)CC1. The number of nitrogens with two attached hydrogens (primary N) is 1. The quantitative estimate of drug-likeness (QED) is 0.371. The summed E-state index contributed by atoms with van der Waals surface area (Å²) in [7, 11) is 3.98. The molecule has 2 saturated heterocycles. The third kappa shape index (κ3) is 7.68. The van der Waals surface area contributed by atoms with Crippen LogP contribution in [0.15, 0.2) is 27.4 Å². The highest BCUT2D eigenvalue weighted by Crippen LogP contribution is 2.38. The van der Waals surface area contributed by atoms with E-state index in [0.717, 1.165) is 36.6 Å². The first-order valence-electron chi connectivity index (χ1n) is 15.1. The maximum atomic E-state index is 13.8. The van der Waals surface area contributed by atoms with Crippen LogP contribution < -0.4 is 16.4 Å². The number of hydrogen-bond donors (Lipinski definition) is 3. The highest BCUT2D eigenvalue weighted by Gasteiger charge is 2.37. The first kappa shape index (κ1) is 33.3. The molecule has 5 rings (SSSR count). The monoisotopic (exact) mass is 713 g/mol. The number of alkyl halides is 3. The Morgan fingerprint density at radius 3 is 2.40 bits per heavy atom. The summed E-state index contributed by atoms with van der Waals surface area (Å²) in [6, 6.07) is 1.02. The van der Waals surface area contributed by atoms with Gasteiger partial charge in [-0.05, 0) is 90.8 Å². The van der Waals surface area contributed by atoms with Crippen LogP contribution in [-0.2, 0) is 23.8 Å². The fourth-order valence-electron chi connectivity index (χ4n) is 6.41. The number of nitrogens with one attached hydrogen (secondary N) is 2. The topological polar surface area (TPSA) is 114 Å². The lowest BCUT2D eigenvalue weighted by Crippen LogP contribution is -2.57. The van der Waals surface area contributed by atoms with Gasteiger partial charge in [-0.15, -0.1) is 11.3 Å². The molecule has 1 aromatic carbocycles. The average molecular weight is 715 g/mol. The van der Waals surface area contributed by atoms with Crippen molar-refractivity contribution in [2.75, 3.05) is 57.9 Å². The van der Waals surface area contributed by atoms with Crippen LogP contribution in [0, 0.1) is 0 Å². The van der Waals surface area contributed by atoms with Crippen LogP contribution in [0.25, 0.3) is 0 Å². The van der Waals surface area contributed by atoms with E-state index in [2.05, 4.69) is 31.5 Å². The summed E-state index contributed by atoms with van der Waals surface area (Å²) < 4.78 is 41.3. The van der Waals surface area contributed by atoms with Crippen LogP contribution in [0.1, 0.15) is 42.4 Å². The van der Waals surface area contributed by atoms with Crippen LogP contribution >= 0.6 is 27.3 Å². The molecule has 0 bridgehead atoms. The second-order valence-electron chi connectivity index (χ2n) is 12.2. The van der Waals surface area contributed by atoms with Crippen molar-refractivity contribution in [2.45, 2.75) is 62.8 Å². The van der Waals surface area contributed by atoms with Crippen LogP contribution in [0.4, 0.5) is 34.1 Å². The van der Waals surface area contributed by atoms with Gasteiger partial charge < -0.3 is 36.0 Å². The minimum atomic E-state index is -4.68. The fourth-order valence-corrected chi connectivity index (χ4v) is 7.74. The number of urea groups is 2. The van der Waals surface area contributed by atoms with Gasteiger partial charge in [0.25, 0.3) is 0 Å². The number of carbonyl (C=O) groups excluding carboxylic acids is 3. The normalized spacial score (nSPS) is 19.3. The van der Waals surface area contributed by atoms with Gasteiger partial charge in [-0.25, -0.2) is 9.59 Å². The predicted octanol–water partition coefficient (Wildman–Crippen LogP) is 4.84. The van der Waals surface area contributed by atoms with Crippen molar-refractivity contribution in [1.82, 2.24) is 24.9 Å². The second kappa shape index (κ2) is 13.8. The third-order valence-electron chi connectivity index (χ3n) is 9.10. The molecule has 15 heteroatoms. The molecule has 1 atom stereocenters. The van der Waals surface area contributed by atoms with Crippen molar-refractivity contribution in [2.24, 2.45) is 0 Å². The van der Waals surface area contributed by atoms with E-state index >= 15 is 0 Å². The van der Waals surface area contributed by atoms with Gasteiger partial charge >= 0.3 is 18.2 Å². The maximum absolute atomic E-state index is 13.8. The molecule has 10 nitrogen and oxygen atoms in total. The Morgan fingerprint density at radius 2 is 1.76 bits per heavy atom. The van der Waals surface area contributed by atoms with E-state index < -0.39 is 29.5 Å². The molecule has 0 unspecified atom stereocenters. The van der Waals surface area contributed by atoms with Crippen molar-refractivity contribution >= 4 is 56.6 Å². The highest BCUT2D eigenvalue weighted by molar-refractivity contribution is 9.10. The molecule has 5 amide bonds. The van der Waals surface area contributed by atoms with Gasteiger partial charge in [0.15, 0.2) is 0 Å².